The zero-order valence-electron chi connectivity index (χ0n) is 10.5. The Kier molecular flexibility index (Phi) is 4.28. The van der Waals surface area contributed by atoms with Gasteiger partial charge in [-0.05, 0) is 25.5 Å². The van der Waals surface area contributed by atoms with Crippen LogP contribution in [0.5, 0.6) is 0 Å². The van der Waals surface area contributed by atoms with E-state index in [1.807, 2.05) is 12.1 Å². The molecule has 0 atom stereocenters. The first-order valence-corrected chi connectivity index (χ1v) is 7.38. The number of aryl methyl sites for hydroxylation is 1. The number of hydrogen-bond acceptors (Lipinski definition) is 6. The fourth-order valence-electron chi connectivity index (χ4n) is 1.40. The Morgan fingerprint density at radius 3 is 2.95 bits per heavy atom. The minimum Gasteiger partial charge on any atom is -0.411 e. The molecule has 2 rings (SSSR count). The fraction of sp³-hybridized carbons (Fsp3) is 0.250. The van der Waals surface area contributed by atoms with Gasteiger partial charge in [-0.25, -0.2) is 4.98 Å². The molecule has 0 saturated carbocycles. The van der Waals surface area contributed by atoms with Crippen LogP contribution >= 0.6 is 22.7 Å². The van der Waals surface area contributed by atoms with Gasteiger partial charge in [0.2, 0.25) is 0 Å². The van der Waals surface area contributed by atoms with Crippen molar-refractivity contribution in [1.29, 1.82) is 0 Å². The van der Waals surface area contributed by atoms with Crippen LogP contribution in [0.1, 0.15) is 34.1 Å². The van der Waals surface area contributed by atoms with Crippen LogP contribution in [0.4, 0.5) is 5.13 Å². The van der Waals surface area contributed by atoms with Crippen LogP contribution in [0, 0.1) is 0 Å². The standard InChI is InChI=1S/C12H13N3O2S2/c1-3-8-4-5-10(19-8)11(16)14-12-13-9(6-18-12)7(2)15-17/h4-6,17H,3H2,1-2H3,(H,13,14,16). The Hall–Kier alpha value is -1.73. The molecule has 2 aromatic heterocycles. The molecule has 2 N–H and O–H groups in total. The van der Waals surface area contributed by atoms with Gasteiger partial charge in [-0.3, -0.25) is 10.1 Å². The van der Waals surface area contributed by atoms with Crippen LogP contribution in [-0.4, -0.2) is 21.8 Å². The van der Waals surface area contributed by atoms with E-state index in [2.05, 4.69) is 22.4 Å². The lowest BCUT2D eigenvalue weighted by Crippen LogP contribution is -2.10. The van der Waals surface area contributed by atoms with Gasteiger partial charge >= 0.3 is 0 Å². The Labute approximate surface area is 118 Å². The minimum atomic E-state index is -0.163. The molecule has 0 radical (unpaired) electrons. The average Bonchev–Trinajstić information content (AvgIpc) is 3.06. The summed E-state index contributed by atoms with van der Waals surface area (Å²) >= 11 is 2.78. The summed E-state index contributed by atoms with van der Waals surface area (Å²) in [6.45, 7) is 3.70. The van der Waals surface area contributed by atoms with Gasteiger partial charge in [-0.2, -0.15) is 0 Å². The second kappa shape index (κ2) is 5.94. The smallest absolute Gasteiger partial charge is 0.267 e. The van der Waals surface area contributed by atoms with E-state index in [0.29, 0.717) is 21.4 Å². The second-order valence-corrected chi connectivity index (χ2v) is 5.82. The van der Waals surface area contributed by atoms with Crippen molar-refractivity contribution in [2.24, 2.45) is 5.16 Å². The summed E-state index contributed by atoms with van der Waals surface area (Å²) < 4.78 is 0. The van der Waals surface area contributed by atoms with Gasteiger partial charge in [0, 0.05) is 10.3 Å². The van der Waals surface area contributed by atoms with E-state index in [1.54, 1.807) is 12.3 Å². The van der Waals surface area contributed by atoms with E-state index in [4.69, 9.17) is 5.21 Å². The van der Waals surface area contributed by atoms with E-state index in [0.717, 1.165) is 6.42 Å². The van der Waals surface area contributed by atoms with Gasteiger partial charge in [0.15, 0.2) is 5.13 Å². The summed E-state index contributed by atoms with van der Waals surface area (Å²) in [5, 5.41) is 16.7. The van der Waals surface area contributed by atoms with Crippen LogP contribution < -0.4 is 5.32 Å². The Balaban J connectivity index is 2.08. The third-order valence-corrected chi connectivity index (χ3v) is 4.47. The van der Waals surface area contributed by atoms with E-state index in [-0.39, 0.29) is 5.91 Å². The SMILES string of the molecule is CCc1ccc(C(=O)Nc2nc(C(C)=NO)cs2)s1. The molecule has 0 spiro atoms. The number of nitrogens with zero attached hydrogens (tertiary/aromatic N) is 2. The second-order valence-electron chi connectivity index (χ2n) is 3.80. The lowest BCUT2D eigenvalue weighted by molar-refractivity contribution is 0.103. The van der Waals surface area contributed by atoms with Crippen molar-refractivity contribution in [3.8, 4) is 0 Å². The highest BCUT2D eigenvalue weighted by molar-refractivity contribution is 7.15. The topological polar surface area (TPSA) is 74.6 Å². The number of rotatable bonds is 4. The van der Waals surface area contributed by atoms with Gasteiger partial charge in [-0.15, -0.1) is 22.7 Å². The molecule has 0 aliphatic heterocycles. The molecule has 2 aromatic rings. The van der Waals surface area contributed by atoms with Gasteiger partial charge in [0.05, 0.1) is 4.88 Å². The quantitative estimate of drug-likeness (QED) is 0.516. The number of nitrogens with one attached hydrogen (secondary N) is 1. The number of oxime groups is 1. The van der Waals surface area contributed by atoms with Crippen molar-refractivity contribution in [1.82, 2.24) is 4.98 Å². The molecule has 2 heterocycles. The molecule has 0 aliphatic rings. The van der Waals surface area contributed by atoms with Gasteiger partial charge in [0.25, 0.3) is 5.91 Å². The Bertz CT molecular complexity index is 616. The van der Waals surface area contributed by atoms with Gasteiger partial charge in [0.1, 0.15) is 11.4 Å². The lowest BCUT2D eigenvalue weighted by atomic mass is 10.3. The van der Waals surface area contributed by atoms with E-state index in [1.165, 1.54) is 27.6 Å². The predicted molar refractivity (Wildman–Crippen MR) is 77.8 cm³/mol. The molecule has 0 saturated heterocycles. The van der Waals surface area contributed by atoms with Crippen LogP contribution in [-0.2, 0) is 6.42 Å². The Morgan fingerprint density at radius 2 is 2.32 bits per heavy atom. The molecule has 0 aromatic carbocycles. The molecule has 0 unspecified atom stereocenters. The largest absolute Gasteiger partial charge is 0.411 e. The lowest BCUT2D eigenvalue weighted by Gasteiger charge is -1.97. The van der Waals surface area contributed by atoms with Crippen molar-refractivity contribution in [3.05, 3.63) is 33.0 Å². The molecule has 7 heteroatoms. The monoisotopic (exact) mass is 295 g/mol. The van der Waals surface area contributed by atoms with Crippen molar-refractivity contribution in [3.63, 3.8) is 0 Å². The molecule has 0 aliphatic carbocycles. The summed E-state index contributed by atoms with van der Waals surface area (Å²) in [5.74, 6) is -0.163. The zero-order chi connectivity index (χ0) is 13.8. The minimum absolute atomic E-state index is 0.163. The van der Waals surface area contributed by atoms with Gasteiger partial charge in [-0.1, -0.05) is 12.1 Å². The average molecular weight is 295 g/mol. The van der Waals surface area contributed by atoms with Crippen LogP contribution in [0.15, 0.2) is 22.7 Å². The van der Waals surface area contributed by atoms with Crippen LogP contribution in [0.2, 0.25) is 0 Å². The molecule has 19 heavy (non-hydrogen) atoms. The highest BCUT2D eigenvalue weighted by Crippen LogP contribution is 2.21. The molecular formula is C12H13N3O2S2. The molecule has 5 nitrogen and oxygen atoms in total. The first-order valence-electron chi connectivity index (χ1n) is 5.68. The van der Waals surface area contributed by atoms with Gasteiger partial charge < -0.3 is 5.21 Å². The molecule has 1 amide bonds. The number of carbonyl (C=O) groups is 1. The number of thiazole rings is 1. The third-order valence-electron chi connectivity index (χ3n) is 2.48. The first kappa shape index (κ1) is 13.7. The fourth-order valence-corrected chi connectivity index (χ4v) is 2.99. The molecule has 0 fully saturated rings. The number of thiophene rings is 1. The molecular weight excluding hydrogens is 282 g/mol. The number of amides is 1. The summed E-state index contributed by atoms with van der Waals surface area (Å²) in [4.78, 5) is 18.0. The van der Waals surface area contributed by atoms with Crippen molar-refractivity contribution in [2.45, 2.75) is 20.3 Å². The summed E-state index contributed by atoms with van der Waals surface area (Å²) in [7, 11) is 0. The third kappa shape index (κ3) is 3.18. The first-order chi connectivity index (χ1) is 9.13. The number of hydrogen-bond donors (Lipinski definition) is 2. The maximum absolute atomic E-state index is 12.0. The maximum atomic E-state index is 12.0. The number of anilines is 1. The molecule has 0 bridgehead atoms. The van der Waals surface area contributed by atoms with E-state index in [9.17, 15) is 4.79 Å². The highest BCUT2D eigenvalue weighted by Gasteiger charge is 2.12. The number of carbonyl (C=O) groups excluding carboxylic acids is 1. The zero-order valence-corrected chi connectivity index (χ0v) is 12.1. The highest BCUT2D eigenvalue weighted by atomic mass is 32.1. The summed E-state index contributed by atoms with van der Waals surface area (Å²) in [6, 6.07) is 3.77. The van der Waals surface area contributed by atoms with Crippen molar-refractivity contribution >= 4 is 39.4 Å². The summed E-state index contributed by atoms with van der Waals surface area (Å²) in [6.07, 6.45) is 0.922. The van der Waals surface area contributed by atoms with Crippen molar-refractivity contribution in [2.75, 3.05) is 5.32 Å². The van der Waals surface area contributed by atoms with Crippen LogP contribution in [0.3, 0.4) is 0 Å². The summed E-state index contributed by atoms with van der Waals surface area (Å²) in [5.41, 5.74) is 0.976. The maximum Gasteiger partial charge on any atom is 0.267 e. The number of aromatic nitrogens is 1. The van der Waals surface area contributed by atoms with Crippen molar-refractivity contribution < 1.29 is 10.0 Å². The Morgan fingerprint density at radius 1 is 1.53 bits per heavy atom. The van der Waals surface area contributed by atoms with E-state index < -0.39 is 0 Å². The van der Waals surface area contributed by atoms with E-state index >= 15 is 0 Å². The molecule has 100 valence electrons. The normalized spacial score (nSPS) is 11.6. The van der Waals surface area contributed by atoms with Crippen LogP contribution in [0.25, 0.3) is 0 Å². The predicted octanol–water partition coefficient (Wildman–Crippen LogP) is 3.22.